The van der Waals surface area contributed by atoms with Crippen molar-refractivity contribution in [2.45, 2.75) is 18.9 Å². The van der Waals surface area contributed by atoms with E-state index in [0.717, 1.165) is 33.0 Å². The topological polar surface area (TPSA) is 71.1 Å². The van der Waals surface area contributed by atoms with Crippen LogP contribution in [0.4, 0.5) is 0 Å². The van der Waals surface area contributed by atoms with E-state index in [-0.39, 0.29) is 30.8 Å². The van der Waals surface area contributed by atoms with Crippen molar-refractivity contribution in [3.63, 3.8) is 0 Å². The van der Waals surface area contributed by atoms with E-state index >= 15 is 0 Å². The van der Waals surface area contributed by atoms with E-state index in [2.05, 4.69) is 15.6 Å². The number of thiazole rings is 1. The molecule has 28 heavy (non-hydrogen) atoms. The van der Waals surface area contributed by atoms with Gasteiger partial charge in [-0.05, 0) is 36.1 Å². The van der Waals surface area contributed by atoms with E-state index in [1.165, 1.54) is 0 Å². The van der Waals surface area contributed by atoms with Gasteiger partial charge in [0.2, 0.25) is 11.8 Å². The summed E-state index contributed by atoms with van der Waals surface area (Å²) in [5.74, 6) is 0.551. The van der Waals surface area contributed by atoms with Crippen LogP contribution in [-0.2, 0) is 16.0 Å². The zero-order chi connectivity index (χ0) is 19.8. The SMILES string of the molecule is CSCCC(NC(=O)CNC(=O)Cc1ccccc1)c1nc2ccccc2s1. The van der Waals surface area contributed by atoms with Gasteiger partial charge in [0, 0.05) is 0 Å². The van der Waals surface area contributed by atoms with E-state index in [9.17, 15) is 9.59 Å². The minimum atomic E-state index is -0.202. The fraction of sp³-hybridized carbons (Fsp3) is 0.286. The minimum absolute atomic E-state index is 0.0354. The summed E-state index contributed by atoms with van der Waals surface area (Å²) in [7, 11) is 0. The number of fused-ring (bicyclic) bond motifs is 1. The van der Waals surface area contributed by atoms with Crippen LogP contribution >= 0.6 is 23.1 Å². The molecular formula is C21H23N3O2S2. The van der Waals surface area contributed by atoms with E-state index < -0.39 is 0 Å². The van der Waals surface area contributed by atoms with Gasteiger partial charge in [-0.15, -0.1) is 11.3 Å². The van der Waals surface area contributed by atoms with Crippen molar-refractivity contribution in [2.75, 3.05) is 18.6 Å². The van der Waals surface area contributed by atoms with Crippen molar-refractivity contribution in [1.29, 1.82) is 0 Å². The Morgan fingerprint density at radius 3 is 2.57 bits per heavy atom. The number of para-hydroxylation sites is 1. The first kappa shape index (κ1) is 20.4. The second-order valence-electron chi connectivity index (χ2n) is 6.36. The van der Waals surface area contributed by atoms with Crippen LogP contribution in [-0.4, -0.2) is 35.4 Å². The number of aromatic nitrogens is 1. The van der Waals surface area contributed by atoms with Crippen LogP contribution in [0.5, 0.6) is 0 Å². The van der Waals surface area contributed by atoms with E-state index in [4.69, 9.17) is 0 Å². The number of benzene rings is 2. The van der Waals surface area contributed by atoms with E-state index in [0.29, 0.717) is 0 Å². The monoisotopic (exact) mass is 413 g/mol. The van der Waals surface area contributed by atoms with Crippen LogP contribution in [0.15, 0.2) is 54.6 Å². The molecule has 7 heteroatoms. The molecular weight excluding hydrogens is 390 g/mol. The Hall–Kier alpha value is -2.38. The van der Waals surface area contributed by atoms with Crippen molar-refractivity contribution in [2.24, 2.45) is 0 Å². The summed E-state index contributed by atoms with van der Waals surface area (Å²) in [6.45, 7) is -0.0354. The Balaban J connectivity index is 1.57. The molecule has 0 radical (unpaired) electrons. The molecule has 0 aliphatic carbocycles. The van der Waals surface area contributed by atoms with Crippen LogP contribution < -0.4 is 10.6 Å². The summed E-state index contributed by atoms with van der Waals surface area (Å²) < 4.78 is 1.11. The molecule has 1 heterocycles. The maximum absolute atomic E-state index is 12.4. The first-order valence-electron chi connectivity index (χ1n) is 9.10. The number of thioether (sulfide) groups is 1. The molecule has 3 rings (SSSR count). The predicted molar refractivity (Wildman–Crippen MR) is 117 cm³/mol. The number of rotatable bonds is 9. The zero-order valence-electron chi connectivity index (χ0n) is 15.7. The summed E-state index contributed by atoms with van der Waals surface area (Å²) in [6.07, 6.45) is 3.10. The lowest BCUT2D eigenvalue weighted by Gasteiger charge is -2.16. The Bertz CT molecular complexity index is 895. The molecule has 2 N–H and O–H groups in total. The second kappa shape index (κ2) is 10.2. The number of hydrogen-bond acceptors (Lipinski definition) is 5. The molecule has 0 aliphatic heterocycles. The Morgan fingerprint density at radius 1 is 1.07 bits per heavy atom. The van der Waals surface area contributed by atoms with Gasteiger partial charge in [0.15, 0.2) is 0 Å². The molecule has 146 valence electrons. The highest BCUT2D eigenvalue weighted by Crippen LogP contribution is 2.28. The Kier molecular flexibility index (Phi) is 7.45. The molecule has 1 aromatic heterocycles. The first-order valence-corrected chi connectivity index (χ1v) is 11.3. The van der Waals surface area contributed by atoms with E-state index in [1.807, 2.05) is 60.9 Å². The third-order valence-corrected chi connectivity index (χ3v) is 6.00. The highest BCUT2D eigenvalue weighted by Gasteiger charge is 2.19. The van der Waals surface area contributed by atoms with Gasteiger partial charge in [0.1, 0.15) is 5.01 Å². The quantitative estimate of drug-likeness (QED) is 0.563. The summed E-state index contributed by atoms with van der Waals surface area (Å²) in [4.78, 5) is 29.1. The van der Waals surface area contributed by atoms with Gasteiger partial charge in [-0.3, -0.25) is 9.59 Å². The van der Waals surface area contributed by atoms with Crippen LogP contribution in [0.2, 0.25) is 0 Å². The van der Waals surface area contributed by atoms with Gasteiger partial charge in [0.25, 0.3) is 0 Å². The highest BCUT2D eigenvalue weighted by molar-refractivity contribution is 7.98. The van der Waals surface area contributed by atoms with E-state index in [1.54, 1.807) is 23.1 Å². The van der Waals surface area contributed by atoms with Gasteiger partial charge < -0.3 is 10.6 Å². The van der Waals surface area contributed by atoms with Crippen molar-refractivity contribution < 1.29 is 9.59 Å². The molecule has 5 nitrogen and oxygen atoms in total. The molecule has 2 amide bonds. The largest absolute Gasteiger partial charge is 0.347 e. The Morgan fingerprint density at radius 2 is 1.82 bits per heavy atom. The fourth-order valence-corrected chi connectivity index (χ4v) is 4.32. The molecule has 3 aromatic rings. The molecule has 1 unspecified atom stereocenters. The molecule has 1 atom stereocenters. The zero-order valence-corrected chi connectivity index (χ0v) is 17.3. The smallest absolute Gasteiger partial charge is 0.239 e. The number of nitrogens with zero attached hydrogens (tertiary/aromatic N) is 1. The number of carbonyl (C=O) groups excluding carboxylic acids is 2. The summed E-state index contributed by atoms with van der Waals surface area (Å²) >= 11 is 3.34. The molecule has 0 fully saturated rings. The van der Waals surface area contributed by atoms with Crippen molar-refractivity contribution in [3.8, 4) is 0 Å². The maximum atomic E-state index is 12.4. The molecule has 0 spiro atoms. The fourth-order valence-electron chi connectivity index (χ4n) is 2.80. The number of carbonyl (C=O) groups is 2. The van der Waals surface area contributed by atoms with Crippen LogP contribution in [0.1, 0.15) is 23.0 Å². The average Bonchev–Trinajstić information content (AvgIpc) is 3.14. The first-order chi connectivity index (χ1) is 13.7. The summed E-state index contributed by atoms with van der Waals surface area (Å²) in [5.41, 5.74) is 1.87. The predicted octanol–water partition coefficient (Wildman–Crippen LogP) is 3.57. The normalized spacial score (nSPS) is 11.9. The molecule has 0 saturated carbocycles. The van der Waals surface area contributed by atoms with Gasteiger partial charge in [-0.2, -0.15) is 11.8 Å². The second-order valence-corrected chi connectivity index (χ2v) is 8.41. The van der Waals surface area contributed by atoms with Gasteiger partial charge in [0.05, 0.1) is 29.2 Å². The van der Waals surface area contributed by atoms with Crippen molar-refractivity contribution in [3.05, 3.63) is 65.2 Å². The summed E-state index contributed by atoms with van der Waals surface area (Å²) in [6, 6.07) is 17.3. The Labute approximate surface area is 172 Å². The number of amides is 2. The summed E-state index contributed by atoms with van der Waals surface area (Å²) in [5, 5.41) is 6.63. The third kappa shape index (κ3) is 5.81. The van der Waals surface area contributed by atoms with Crippen LogP contribution in [0, 0.1) is 0 Å². The lowest BCUT2D eigenvalue weighted by Crippen LogP contribution is -2.39. The minimum Gasteiger partial charge on any atom is -0.347 e. The van der Waals surface area contributed by atoms with Gasteiger partial charge >= 0.3 is 0 Å². The molecule has 2 aromatic carbocycles. The standard InChI is InChI=1S/C21H23N3O2S2/c1-27-12-11-17(21-24-16-9-5-6-10-18(16)28-21)23-20(26)14-22-19(25)13-15-7-3-2-4-8-15/h2-10,17H,11-14H2,1H3,(H,22,25)(H,23,26). The van der Waals surface area contributed by atoms with Crippen LogP contribution in [0.3, 0.4) is 0 Å². The van der Waals surface area contributed by atoms with Gasteiger partial charge in [-0.1, -0.05) is 42.5 Å². The van der Waals surface area contributed by atoms with Crippen molar-refractivity contribution >= 4 is 45.1 Å². The lowest BCUT2D eigenvalue weighted by molar-refractivity contribution is -0.126. The molecule has 0 bridgehead atoms. The number of nitrogens with one attached hydrogen (secondary N) is 2. The highest BCUT2D eigenvalue weighted by atomic mass is 32.2. The molecule has 0 saturated heterocycles. The lowest BCUT2D eigenvalue weighted by atomic mass is 10.1. The number of hydrogen-bond donors (Lipinski definition) is 2. The van der Waals surface area contributed by atoms with Crippen LogP contribution in [0.25, 0.3) is 10.2 Å². The maximum Gasteiger partial charge on any atom is 0.239 e. The third-order valence-electron chi connectivity index (χ3n) is 4.21. The average molecular weight is 414 g/mol. The van der Waals surface area contributed by atoms with Gasteiger partial charge in [-0.25, -0.2) is 4.98 Å². The van der Waals surface area contributed by atoms with Crippen molar-refractivity contribution in [1.82, 2.24) is 15.6 Å². The molecule has 0 aliphatic rings.